The SMILES string of the molecule is CC(C)(C)C(CN(CCN(CCC(=O)O)CC(=O)[O-])CC(=O)O)N(CC(=O)[O-])CC(=O)O. The molecule has 0 heterocycles. The molecule has 0 saturated carbocycles. The lowest BCUT2D eigenvalue weighted by atomic mass is 9.85. The maximum atomic E-state index is 11.4. The molecule has 0 aliphatic carbocycles. The molecule has 0 spiro atoms. The summed E-state index contributed by atoms with van der Waals surface area (Å²) in [5.41, 5.74) is -0.657. The maximum absolute atomic E-state index is 11.4. The highest BCUT2D eigenvalue weighted by atomic mass is 16.4. The Hall–Kier alpha value is -2.77. The van der Waals surface area contributed by atoms with Crippen molar-refractivity contribution in [1.82, 2.24) is 14.7 Å². The second-order valence-electron chi connectivity index (χ2n) is 8.47. The molecular formula is C19H31N3O10-2. The molecule has 0 aromatic rings. The summed E-state index contributed by atoms with van der Waals surface area (Å²) in [5.74, 6) is -6.50. The van der Waals surface area contributed by atoms with Gasteiger partial charge in [-0.25, -0.2) is 0 Å². The van der Waals surface area contributed by atoms with Gasteiger partial charge in [0.1, 0.15) is 0 Å². The first-order valence-corrected chi connectivity index (χ1v) is 9.85. The summed E-state index contributed by atoms with van der Waals surface area (Å²) < 4.78 is 0. The molecular weight excluding hydrogens is 430 g/mol. The monoisotopic (exact) mass is 461 g/mol. The minimum Gasteiger partial charge on any atom is -0.549 e. The first-order chi connectivity index (χ1) is 14.6. The Labute approximate surface area is 185 Å². The van der Waals surface area contributed by atoms with Crippen LogP contribution in [-0.2, 0) is 24.0 Å². The van der Waals surface area contributed by atoms with Crippen molar-refractivity contribution in [3.05, 3.63) is 0 Å². The summed E-state index contributed by atoms with van der Waals surface area (Å²) in [7, 11) is 0. The van der Waals surface area contributed by atoms with E-state index in [1.807, 2.05) is 0 Å². The van der Waals surface area contributed by atoms with E-state index in [0.717, 1.165) is 0 Å². The zero-order valence-corrected chi connectivity index (χ0v) is 18.5. The molecule has 0 fully saturated rings. The summed E-state index contributed by atoms with van der Waals surface area (Å²) in [6, 6.07) is -0.704. The Morgan fingerprint density at radius 2 is 1.22 bits per heavy atom. The van der Waals surface area contributed by atoms with Gasteiger partial charge in [0.15, 0.2) is 0 Å². The Morgan fingerprint density at radius 3 is 1.62 bits per heavy atom. The van der Waals surface area contributed by atoms with Crippen molar-refractivity contribution in [2.75, 3.05) is 52.4 Å². The number of carbonyl (C=O) groups is 5. The first kappa shape index (κ1) is 29.2. The number of rotatable bonds is 17. The molecule has 13 heteroatoms. The summed E-state index contributed by atoms with van der Waals surface area (Å²) in [5, 5.41) is 49.4. The van der Waals surface area contributed by atoms with Gasteiger partial charge in [-0.2, -0.15) is 0 Å². The van der Waals surface area contributed by atoms with Gasteiger partial charge in [0, 0.05) is 45.3 Å². The fraction of sp³-hybridized carbons (Fsp3) is 0.737. The molecule has 0 aromatic heterocycles. The second-order valence-corrected chi connectivity index (χ2v) is 8.47. The molecule has 32 heavy (non-hydrogen) atoms. The van der Waals surface area contributed by atoms with Crippen LogP contribution in [0, 0.1) is 5.41 Å². The Morgan fingerprint density at radius 1 is 0.719 bits per heavy atom. The van der Waals surface area contributed by atoms with E-state index in [4.69, 9.17) is 5.11 Å². The summed E-state index contributed by atoms with van der Waals surface area (Å²) in [6.07, 6.45) is -0.325. The van der Waals surface area contributed by atoms with Gasteiger partial charge in [-0.05, 0) is 5.41 Å². The smallest absolute Gasteiger partial charge is 0.317 e. The van der Waals surface area contributed by atoms with E-state index < -0.39 is 67.5 Å². The molecule has 0 bridgehead atoms. The van der Waals surface area contributed by atoms with Crippen LogP contribution in [0.5, 0.6) is 0 Å². The lowest BCUT2D eigenvalue weighted by Gasteiger charge is -2.42. The quantitative estimate of drug-likeness (QED) is 0.192. The zero-order valence-electron chi connectivity index (χ0n) is 18.5. The van der Waals surface area contributed by atoms with Crippen molar-refractivity contribution in [3.63, 3.8) is 0 Å². The number of aliphatic carboxylic acids is 5. The molecule has 1 unspecified atom stereocenters. The van der Waals surface area contributed by atoms with E-state index in [2.05, 4.69) is 0 Å². The van der Waals surface area contributed by atoms with Gasteiger partial charge in [-0.3, -0.25) is 29.1 Å². The minimum atomic E-state index is -1.49. The van der Waals surface area contributed by atoms with Crippen LogP contribution in [0.2, 0.25) is 0 Å². The number of nitrogens with zero attached hydrogens (tertiary/aromatic N) is 3. The average Bonchev–Trinajstić information content (AvgIpc) is 2.58. The van der Waals surface area contributed by atoms with Crippen LogP contribution in [0.1, 0.15) is 27.2 Å². The Kier molecular flexibility index (Phi) is 12.4. The zero-order chi connectivity index (χ0) is 25.1. The second kappa shape index (κ2) is 13.6. The van der Waals surface area contributed by atoms with Crippen LogP contribution in [0.15, 0.2) is 0 Å². The molecule has 0 amide bonds. The summed E-state index contributed by atoms with van der Waals surface area (Å²) in [6.45, 7) is 2.82. The number of carboxylic acids is 5. The van der Waals surface area contributed by atoms with Crippen molar-refractivity contribution in [1.29, 1.82) is 0 Å². The maximum Gasteiger partial charge on any atom is 0.317 e. The predicted octanol–water partition coefficient (Wildman–Crippen LogP) is -3.55. The van der Waals surface area contributed by atoms with Crippen LogP contribution in [-0.4, -0.2) is 118 Å². The molecule has 0 aliphatic rings. The van der Waals surface area contributed by atoms with E-state index in [1.54, 1.807) is 20.8 Å². The van der Waals surface area contributed by atoms with E-state index in [1.165, 1.54) is 14.7 Å². The van der Waals surface area contributed by atoms with E-state index in [-0.39, 0.29) is 32.6 Å². The third-order valence-electron chi connectivity index (χ3n) is 4.63. The van der Waals surface area contributed by atoms with E-state index in [9.17, 15) is 44.4 Å². The highest BCUT2D eigenvalue weighted by molar-refractivity contribution is 5.72. The minimum absolute atomic E-state index is 0.00478. The normalized spacial score (nSPS) is 12.8. The molecule has 3 N–H and O–H groups in total. The van der Waals surface area contributed by atoms with Gasteiger partial charge in [0.2, 0.25) is 0 Å². The van der Waals surface area contributed by atoms with Crippen LogP contribution in [0.25, 0.3) is 0 Å². The lowest BCUT2D eigenvalue weighted by Crippen LogP contribution is -2.56. The number of hydrogen-bond donors (Lipinski definition) is 3. The molecule has 0 aliphatic heterocycles. The van der Waals surface area contributed by atoms with Crippen LogP contribution < -0.4 is 10.2 Å². The van der Waals surface area contributed by atoms with Crippen molar-refractivity contribution >= 4 is 29.8 Å². The van der Waals surface area contributed by atoms with E-state index in [0.29, 0.717) is 0 Å². The van der Waals surface area contributed by atoms with E-state index >= 15 is 0 Å². The third kappa shape index (κ3) is 13.5. The molecule has 0 saturated heterocycles. The van der Waals surface area contributed by atoms with Crippen molar-refractivity contribution in [3.8, 4) is 0 Å². The molecule has 0 aromatic carbocycles. The number of carboxylic acid groups (broad SMARTS) is 5. The van der Waals surface area contributed by atoms with Gasteiger partial charge < -0.3 is 35.1 Å². The van der Waals surface area contributed by atoms with Gasteiger partial charge >= 0.3 is 17.9 Å². The van der Waals surface area contributed by atoms with Crippen LogP contribution in [0.4, 0.5) is 0 Å². The fourth-order valence-corrected chi connectivity index (χ4v) is 3.21. The fourth-order valence-electron chi connectivity index (χ4n) is 3.21. The Balaban J connectivity index is 5.62. The molecule has 0 rings (SSSR count). The van der Waals surface area contributed by atoms with Crippen molar-refractivity contribution < 1.29 is 49.5 Å². The van der Waals surface area contributed by atoms with Crippen LogP contribution >= 0.6 is 0 Å². The molecule has 1 atom stereocenters. The average molecular weight is 461 g/mol. The standard InChI is InChI=1S/C19H33N3O10/c1-19(2,3)13(22(11-17(29)30)12-18(31)32)8-21(10-16(27)28)7-6-20(9-15(25)26)5-4-14(23)24/h13H,4-12H2,1-3H3,(H,23,24)(H,25,26)(H,27,28)(H,29,30)(H,31,32)/p-2. The molecule has 0 radical (unpaired) electrons. The largest absolute Gasteiger partial charge is 0.549 e. The predicted molar refractivity (Wildman–Crippen MR) is 105 cm³/mol. The van der Waals surface area contributed by atoms with Crippen molar-refractivity contribution in [2.45, 2.75) is 33.2 Å². The number of carbonyl (C=O) groups excluding carboxylic acids is 2. The van der Waals surface area contributed by atoms with Gasteiger partial charge in [-0.15, -0.1) is 0 Å². The van der Waals surface area contributed by atoms with Gasteiger partial charge in [0.05, 0.1) is 31.4 Å². The first-order valence-electron chi connectivity index (χ1n) is 9.85. The van der Waals surface area contributed by atoms with Crippen molar-refractivity contribution in [2.24, 2.45) is 5.41 Å². The van der Waals surface area contributed by atoms with Crippen LogP contribution in [0.3, 0.4) is 0 Å². The van der Waals surface area contributed by atoms with Gasteiger partial charge in [-0.1, -0.05) is 20.8 Å². The number of hydrogen-bond acceptors (Lipinski definition) is 10. The highest BCUT2D eigenvalue weighted by Gasteiger charge is 2.33. The molecule has 13 nitrogen and oxygen atoms in total. The topological polar surface area (TPSA) is 202 Å². The highest BCUT2D eigenvalue weighted by Crippen LogP contribution is 2.25. The molecule has 184 valence electrons. The third-order valence-corrected chi connectivity index (χ3v) is 4.63. The van der Waals surface area contributed by atoms with Gasteiger partial charge in [0.25, 0.3) is 0 Å². The summed E-state index contributed by atoms with van der Waals surface area (Å²) >= 11 is 0. The Bertz CT molecular complexity index is 661. The summed E-state index contributed by atoms with van der Waals surface area (Å²) in [4.78, 5) is 59.4. The lowest BCUT2D eigenvalue weighted by molar-refractivity contribution is -0.307.